The van der Waals surface area contributed by atoms with E-state index in [4.69, 9.17) is 0 Å². The van der Waals surface area contributed by atoms with Gasteiger partial charge in [-0.15, -0.1) is 11.3 Å². The van der Waals surface area contributed by atoms with Crippen LogP contribution in [-0.2, 0) is 0 Å². The van der Waals surface area contributed by atoms with E-state index in [1.165, 1.54) is 10.4 Å². The molecule has 136 valence electrons. The van der Waals surface area contributed by atoms with Gasteiger partial charge in [-0.2, -0.15) is 0 Å². The third-order valence-electron chi connectivity index (χ3n) is 4.71. The van der Waals surface area contributed by atoms with Gasteiger partial charge in [0.05, 0.1) is 5.22 Å². The number of hydrogen-bond donors (Lipinski definition) is 2. The lowest BCUT2D eigenvalue weighted by atomic mass is 10.1. The van der Waals surface area contributed by atoms with Crippen molar-refractivity contribution in [1.29, 1.82) is 0 Å². The Balaban J connectivity index is 1.98. The Morgan fingerprint density at radius 3 is 2.59 bits per heavy atom. The number of aromatic nitrogens is 3. The molecule has 0 atom stereocenters. The summed E-state index contributed by atoms with van der Waals surface area (Å²) < 4.78 is 0. The van der Waals surface area contributed by atoms with Crippen LogP contribution >= 0.6 is 11.3 Å². The van der Waals surface area contributed by atoms with E-state index >= 15 is 0 Å². The summed E-state index contributed by atoms with van der Waals surface area (Å²) in [4.78, 5) is 25.3. The van der Waals surface area contributed by atoms with Crippen LogP contribution in [0, 0.1) is 17.6 Å². The molecular weight excluding hydrogens is 354 g/mol. The van der Waals surface area contributed by atoms with Crippen molar-refractivity contribution in [3.05, 3.63) is 83.6 Å². The van der Waals surface area contributed by atoms with E-state index in [2.05, 4.69) is 48.4 Å². The number of thiophene rings is 1. The van der Waals surface area contributed by atoms with E-state index in [-0.39, 0.29) is 5.56 Å². The molecule has 0 spiro atoms. The van der Waals surface area contributed by atoms with Crippen molar-refractivity contribution in [1.82, 2.24) is 15.0 Å². The number of nitrogens with zero attached hydrogens (tertiary/aromatic N) is 1. The Kier molecular flexibility index (Phi) is 4.32. The Morgan fingerprint density at radius 1 is 1.19 bits per heavy atom. The number of aromatic amines is 2. The molecule has 0 saturated heterocycles. The Hall–Kier alpha value is -2.92. The number of pyridine rings is 1. The maximum atomic E-state index is 12.6. The lowest BCUT2D eigenvalue weighted by molar-refractivity contribution is 0.881. The van der Waals surface area contributed by atoms with Crippen LogP contribution in [0.1, 0.15) is 35.1 Å². The molecule has 2 aliphatic heterocycles. The Bertz CT molecular complexity index is 1340. The number of hydrogen-bond acceptors (Lipinski definition) is 3. The quantitative estimate of drug-likeness (QED) is 0.578. The molecule has 27 heavy (non-hydrogen) atoms. The van der Waals surface area contributed by atoms with Crippen molar-refractivity contribution in [3.63, 3.8) is 0 Å². The minimum absolute atomic E-state index is 0.0929. The second kappa shape index (κ2) is 6.67. The Labute approximate surface area is 160 Å². The molecule has 0 fully saturated rings. The molecule has 0 aromatic carbocycles. The number of H-pyrrole nitrogens is 2. The minimum atomic E-state index is -0.0929. The smallest absolute Gasteiger partial charge is 0.257 e. The molecule has 0 unspecified atom stereocenters. The van der Waals surface area contributed by atoms with Crippen LogP contribution in [0.5, 0.6) is 0 Å². The fourth-order valence-electron chi connectivity index (χ4n) is 3.44. The summed E-state index contributed by atoms with van der Waals surface area (Å²) in [6, 6.07) is 8.06. The van der Waals surface area contributed by atoms with Gasteiger partial charge >= 0.3 is 0 Å². The van der Waals surface area contributed by atoms with Gasteiger partial charge in [-0.3, -0.25) is 9.78 Å². The summed E-state index contributed by atoms with van der Waals surface area (Å²) in [5, 5.41) is 2.31. The van der Waals surface area contributed by atoms with E-state index in [0.29, 0.717) is 16.6 Å². The van der Waals surface area contributed by atoms with E-state index < -0.39 is 0 Å². The molecule has 4 rings (SSSR count). The zero-order valence-electron chi connectivity index (χ0n) is 15.6. The van der Waals surface area contributed by atoms with Crippen LogP contribution in [-0.4, -0.2) is 15.0 Å². The third-order valence-corrected chi connectivity index (χ3v) is 6.19. The first-order chi connectivity index (χ1) is 12.9. The van der Waals surface area contributed by atoms with Crippen molar-refractivity contribution in [2.45, 2.75) is 26.7 Å². The zero-order valence-corrected chi connectivity index (χ0v) is 16.4. The summed E-state index contributed by atoms with van der Waals surface area (Å²) in [5.41, 5.74) is 3.86. The molecule has 4 heterocycles. The molecule has 2 N–H and O–H groups in total. The standard InChI is InChI=1S/C22H21N3OS/c1-12(2)20-13(3)9-16(27-20)10-19-18-11-17(15-5-7-23-8-6-15)14(4)24-21(18)25-22(19)26/h5-12,24H,4H2,1-3H3,(H,25,26). The van der Waals surface area contributed by atoms with E-state index in [9.17, 15) is 4.79 Å². The minimum Gasteiger partial charge on any atom is -0.341 e. The highest BCUT2D eigenvalue weighted by Gasteiger charge is 2.09. The highest BCUT2D eigenvalue weighted by molar-refractivity contribution is 7.13. The second-order valence-corrected chi connectivity index (χ2v) is 8.16. The molecular formula is C22H21N3OS. The molecule has 0 aliphatic carbocycles. The summed E-state index contributed by atoms with van der Waals surface area (Å²) in [7, 11) is 0. The second-order valence-electron chi connectivity index (χ2n) is 7.05. The normalized spacial score (nSPS) is 12.4. The van der Waals surface area contributed by atoms with Gasteiger partial charge in [-0.25, -0.2) is 0 Å². The fourth-order valence-corrected chi connectivity index (χ4v) is 4.57. The molecule has 2 aliphatic rings. The summed E-state index contributed by atoms with van der Waals surface area (Å²) in [6.45, 7) is 10.6. The topological polar surface area (TPSA) is 61.5 Å². The Morgan fingerprint density at radius 2 is 1.93 bits per heavy atom. The van der Waals surface area contributed by atoms with Crippen LogP contribution in [0.4, 0.5) is 0 Å². The van der Waals surface area contributed by atoms with E-state index in [1.54, 1.807) is 23.7 Å². The lowest BCUT2D eigenvalue weighted by Gasteiger charge is -2.02. The number of rotatable bonds is 3. The maximum Gasteiger partial charge on any atom is 0.257 e. The highest BCUT2D eigenvalue weighted by Crippen LogP contribution is 2.29. The van der Waals surface area contributed by atoms with Crippen molar-refractivity contribution < 1.29 is 0 Å². The predicted molar refractivity (Wildman–Crippen MR) is 111 cm³/mol. The van der Waals surface area contributed by atoms with Crippen LogP contribution in [0.3, 0.4) is 0 Å². The first-order valence-corrected chi connectivity index (χ1v) is 9.72. The molecule has 2 aromatic heterocycles. The van der Waals surface area contributed by atoms with Gasteiger partial charge in [-0.1, -0.05) is 20.4 Å². The van der Waals surface area contributed by atoms with Crippen LogP contribution in [0.2, 0.25) is 0 Å². The monoisotopic (exact) mass is 375 g/mol. The molecule has 0 bridgehead atoms. The van der Waals surface area contributed by atoms with Gasteiger partial charge in [0.2, 0.25) is 0 Å². The van der Waals surface area contributed by atoms with Crippen molar-refractivity contribution in [3.8, 4) is 11.1 Å². The van der Waals surface area contributed by atoms with Gasteiger partial charge in [0.1, 0.15) is 5.48 Å². The summed E-state index contributed by atoms with van der Waals surface area (Å²) in [6.07, 6.45) is 5.49. The zero-order chi connectivity index (χ0) is 19.1. The van der Waals surface area contributed by atoms with Crippen molar-refractivity contribution in [2.24, 2.45) is 0 Å². The van der Waals surface area contributed by atoms with Gasteiger partial charge < -0.3 is 9.97 Å². The molecule has 0 saturated carbocycles. The van der Waals surface area contributed by atoms with E-state index in [0.717, 1.165) is 26.6 Å². The van der Waals surface area contributed by atoms with Crippen molar-refractivity contribution >= 4 is 24.0 Å². The average molecular weight is 375 g/mol. The predicted octanol–water partition coefficient (Wildman–Crippen LogP) is 3.22. The largest absolute Gasteiger partial charge is 0.341 e. The number of aryl methyl sites for hydroxylation is 1. The molecule has 0 radical (unpaired) electrons. The van der Waals surface area contributed by atoms with Gasteiger partial charge in [0.25, 0.3) is 5.56 Å². The highest BCUT2D eigenvalue weighted by atomic mass is 32.1. The summed E-state index contributed by atoms with van der Waals surface area (Å²) in [5.74, 6) is 0.479. The van der Waals surface area contributed by atoms with Gasteiger partial charge in [0, 0.05) is 38.3 Å². The number of nitrogens with one attached hydrogen (secondary N) is 2. The third kappa shape index (κ3) is 3.15. The average Bonchev–Trinajstić information content (AvgIpc) is 3.15. The molecule has 5 heteroatoms. The van der Waals surface area contributed by atoms with Gasteiger partial charge in [-0.05, 0) is 54.3 Å². The first-order valence-electron chi connectivity index (χ1n) is 8.90. The molecule has 2 aromatic rings. The van der Waals surface area contributed by atoms with Gasteiger partial charge in [0.15, 0.2) is 0 Å². The van der Waals surface area contributed by atoms with Crippen molar-refractivity contribution in [2.75, 3.05) is 0 Å². The van der Waals surface area contributed by atoms with Crippen LogP contribution in [0.15, 0.2) is 41.5 Å². The summed E-state index contributed by atoms with van der Waals surface area (Å²) >= 11 is 1.75. The SMILES string of the molecule is C=c1[nH]c2[nH]c(=O)c(=Cc3cc(C)c(C(C)C)s3)c=2cc1-c1ccncc1. The maximum absolute atomic E-state index is 12.6. The molecule has 4 nitrogen and oxygen atoms in total. The molecule has 0 amide bonds. The first kappa shape index (κ1) is 17.5. The van der Waals surface area contributed by atoms with Crippen LogP contribution in [0.25, 0.3) is 23.8 Å². The fraction of sp³-hybridized carbons (Fsp3) is 0.182. The van der Waals surface area contributed by atoms with E-state index in [1.807, 2.05) is 24.3 Å². The van der Waals surface area contributed by atoms with Crippen LogP contribution < -0.4 is 16.1 Å². The lowest BCUT2D eigenvalue weighted by Crippen LogP contribution is -2.22.